The molecule has 1 saturated carbocycles. The molecule has 148 valence electrons. The van der Waals surface area contributed by atoms with Crippen LogP contribution in [0.5, 0.6) is 0 Å². The van der Waals surface area contributed by atoms with Gasteiger partial charge in [-0.1, -0.05) is 29.5 Å². The van der Waals surface area contributed by atoms with E-state index < -0.39 is 5.97 Å². The topological polar surface area (TPSA) is 110 Å². The number of anilines is 2. The van der Waals surface area contributed by atoms with Crippen molar-refractivity contribution in [1.29, 1.82) is 0 Å². The lowest BCUT2D eigenvalue weighted by atomic mass is 9.85. The zero-order valence-corrected chi connectivity index (χ0v) is 16.9. The molecule has 0 aliphatic heterocycles. The van der Waals surface area contributed by atoms with Gasteiger partial charge in [0.2, 0.25) is 16.9 Å². The number of esters is 1. The van der Waals surface area contributed by atoms with E-state index in [-0.39, 0.29) is 23.5 Å². The Morgan fingerprint density at radius 1 is 1.18 bits per heavy atom. The van der Waals surface area contributed by atoms with Gasteiger partial charge in [-0.05, 0) is 44.0 Å². The van der Waals surface area contributed by atoms with Crippen molar-refractivity contribution in [2.24, 2.45) is 5.92 Å². The van der Waals surface area contributed by atoms with Crippen LogP contribution in [-0.4, -0.2) is 40.3 Å². The van der Waals surface area contributed by atoms with Crippen LogP contribution in [0.3, 0.4) is 0 Å². The predicted molar refractivity (Wildman–Crippen MR) is 108 cm³/mol. The molecule has 28 heavy (non-hydrogen) atoms. The van der Waals surface area contributed by atoms with Gasteiger partial charge in [-0.15, -0.1) is 10.2 Å². The van der Waals surface area contributed by atoms with Crippen LogP contribution in [0.15, 0.2) is 28.6 Å². The molecule has 1 aliphatic carbocycles. The number of nitrogens with zero attached hydrogens (tertiary/aromatic N) is 2. The van der Waals surface area contributed by atoms with Gasteiger partial charge >= 0.3 is 5.97 Å². The second-order valence-electron chi connectivity index (χ2n) is 6.12. The summed E-state index contributed by atoms with van der Waals surface area (Å²) in [6, 6.07) is 6.49. The van der Waals surface area contributed by atoms with Gasteiger partial charge in [-0.2, -0.15) is 0 Å². The fraction of sp³-hybridized carbons (Fsp3) is 0.389. The molecule has 1 heterocycles. The Kier molecular flexibility index (Phi) is 6.99. The molecule has 8 nitrogen and oxygen atoms in total. The number of carbonyl (C=O) groups is 3. The van der Waals surface area contributed by atoms with E-state index in [0.29, 0.717) is 27.3 Å². The van der Waals surface area contributed by atoms with Crippen LogP contribution < -0.4 is 10.6 Å². The number of aromatic nitrogens is 2. The smallest absolute Gasteiger partial charge is 0.338 e. The average Bonchev–Trinajstić information content (AvgIpc) is 3.06. The first kappa shape index (κ1) is 20.3. The lowest BCUT2D eigenvalue weighted by molar-refractivity contribution is -0.122. The van der Waals surface area contributed by atoms with Crippen molar-refractivity contribution in [1.82, 2.24) is 10.2 Å². The molecule has 0 saturated heterocycles. The Bertz CT molecular complexity index is 850. The SMILES string of the molecule is CCOC(=O)c1ccc(NC(=O)CSc2nnc(NC(=O)C3CCC3)s2)cc1. The standard InChI is InChI=1S/C18H20N4O4S2/c1-2-26-16(25)12-6-8-13(9-7-12)19-14(23)10-27-18-22-21-17(28-18)20-15(24)11-4-3-5-11/h6-9,11H,2-5,10H2,1H3,(H,19,23)(H,20,21,24). The number of benzene rings is 1. The van der Waals surface area contributed by atoms with Gasteiger partial charge in [0.25, 0.3) is 0 Å². The van der Waals surface area contributed by atoms with Crippen LogP contribution in [0.25, 0.3) is 0 Å². The minimum absolute atomic E-state index is 0.0111. The van der Waals surface area contributed by atoms with Crippen LogP contribution >= 0.6 is 23.1 Å². The summed E-state index contributed by atoms with van der Waals surface area (Å²) in [5, 5.41) is 13.9. The van der Waals surface area contributed by atoms with Crippen molar-refractivity contribution >= 4 is 51.7 Å². The van der Waals surface area contributed by atoms with Gasteiger partial charge in [-0.25, -0.2) is 4.79 Å². The first-order valence-electron chi connectivity index (χ1n) is 8.89. The van der Waals surface area contributed by atoms with Crippen LogP contribution in [0.2, 0.25) is 0 Å². The minimum atomic E-state index is -0.396. The van der Waals surface area contributed by atoms with Crippen molar-refractivity contribution in [2.75, 3.05) is 23.0 Å². The predicted octanol–water partition coefficient (Wildman–Crippen LogP) is 3.18. The molecule has 2 aromatic rings. The highest BCUT2D eigenvalue weighted by atomic mass is 32.2. The number of thioether (sulfide) groups is 1. The highest BCUT2D eigenvalue weighted by molar-refractivity contribution is 8.01. The maximum absolute atomic E-state index is 12.1. The maximum atomic E-state index is 12.1. The Hall–Kier alpha value is -2.46. The first-order chi connectivity index (χ1) is 13.5. The molecule has 2 amide bonds. The molecule has 1 fully saturated rings. The normalized spacial score (nSPS) is 13.5. The highest BCUT2D eigenvalue weighted by Crippen LogP contribution is 2.30. The van der Waals surface area contributed by atoms with Crippen LogP contribution in [0.1, 0.15) is 36.5 Å². The van der Waals surface area contributed by atoms with Gasteiger partial charge in [0, 0.05) is 11.6 Å². The summed E-state index contributed by atoms with van der Waals surface area (Å²) in [7, 11) is 0. The fourth-order valence-electron chi connectivity index (χ4n) is 2.42. The third kappa shape index (κ3) is 5.52. The van der Waals surface area contributed by atoms with Crippen molar-refractivity contribution in [3.05, 3.63) is 29.8 Å². The van der Waals surface area contributed by atoms with E-state index in [1.54, 1.807) is 31.2 Å². The Morgan fingerprint density at radius 3 is 2.57 bits per heavy atom. The summed E-state index contributed by atoms with van der Waals surface area (Å²) < 4.78 is 5.53. The molecule has 1 aliphatic rings. The second-order valence-corrected chi connectivity index (χ2v) is 8.32. The summed E-state index contributed by atoms with van der Waals surface area (Å²) in [5.41, 5.74) is 1.02. The number of amides is 2. The fourth-order valence-corrected chi connectivity index (χ4v) is 3.98. The zero-order chi connectivity index (χ0) is 19.9. The van der Waals surface area contributed by atoms with E-state index in [9.17, 15) is 14.4 Å². The van der Waals surface area contributed by atoms with Gasteiger partial charge < -0.3 is 15.4 Å². The molecule has 1 aromatic carbocycles. The highest BCUT2D eigenvalue weighted by Gasteiger charge is 2.26. The summed E-state index contributed by atoms with van der Waals surface area (Å²) in [4.78, 5) is 35.6. The summed E-state index contributed by atoms with van der Waals surface area (Å²) in [5.74, 6) is -0.370. The Balaban J connectivity index is 1.44. The molecule has 2 N–H and O–H groups in total. The number of rotatable bonds is 8. The van der Waals surface area contributed by atoms with Gasteiger partial charge in [0.15, 0.2) is 4.34 Å². The quantitative estimate of drug-likeness (QED) is 0.383. The first-order valence-corrected chi connectivity index (χ1v) is 10.7. The van der Waals surface area contributed by atoms with E-state index in [4.69, 9.17) is 4.74 Å². The van der Waals surface area contributed by atoms with Gasteiger partial charge in [-0.3, -0.25) is 9.59 Å². The summed E-state index contributed by atoms with van der Waals surface area (Å²) >= 11 is 2.49. The molecule has 10 heteroatoms. The van der Waals surface area contributed by atoms with Gasteiger partial charge in [0.05, 0.1) is 17.9 Å². The number of nitrogens with one attached hydrogen (secondary N) is 2. The Labute approximate surface area is 170 Å². The van der Waals surface area contributed by atoms with E-state index in [2.05, 4.69) is 20.8 Å². The monoisotopic (exact) mass is 420 g/mol. The van der Waals surface area contributed by atoms with Gasteiger partial charge in [0.1, 0.15) is 0 Å². The number of hydrogen-bond donors (Lipinski definition) is 2. The zero-order valence-electron chi connectivity index (χ0n) is 15.3. The third-order valence-electron chi connectivity index (χ3n) is 4.12. The lowest BCUT2D eigenvalue weighted by Crippen LogP contribution is -2.27. The molecule has 1 aromatic heterocycles. The van der Waals surface area contributed by atoms with Crippen molar-refractivity contribution in [3.63, 3.8) is 0 Å². The molecular weight excluding hydrogens is 400 g/mol. The van der Waals surface area contributed by atoms with Crippen LogP contribution in [-0.2, 0) is 14.3 Å². The largest absolute Gasteiger partial charge is 0.462 e. The van der Waals surface area contributed by atoms with Crippen molar-refractivity contribution < 1.29 is 19.1 Å². The molecular formula is C18H20N4O4S2. The van der Waals surface area contributed by atoms with Crippen LogP contribution in [0, 0.1) is 5.92 Å². The molecule has 0 radical (unpaired) electrons. The molecule has 0 atom stereocenters. The number of ether oxygens (including phenoxy) is 1. The van der Waals surface area contributed by atoms with E-state index in [1.807, 2.05) is 0 Å². The summed E-state index contributed by atoms with van der Waals surface area (Å²) in [6.07, 6.45) is 2.94. The second kappa shape index (κ2) is 9.65. The average molecular weight is 421 g/mol. The van der Waals surface area contributed by atoms with E-state index in [0.717, 1.165) is 19.3 Å². The molecule has 3 rings (SSSR count). The number of hydrogen-bond acceptors (Lipinski definition) is 8. The van der Waals surface area contributed by atoms with E-state index >= 15 is 0 Å². The van der Waals surface area contributed by atoms with Crippen molar-refractivity contribution in [3.8, 4) is 0 Å². The molecule has 0 unspecified atom stereocenters. The lowest BCUT2D eigenvalue weighted by Gasteiger charge is -2.23. The number of carbonyl (C=O) groups excluding carboxylic acids is 3. The molecule has 0 bridgehead atoms. The molecule has 0 spiro atoms. The third-order valence-corrected chi connectivity index (χ3v) is 6.09. The Morgan fingerprint density at radius 2 is 1.93 bits per heavy atom. The maximum Gasteiger partial charge on any atom is 0.338 e. The van der Waals surface area contributed by atoms with Crippen LogP contribution in [0.4, 0.5) is 10.8 Å². The summed E-state index contributed by atoms with van der Waals surface area (Å²) in [6.45, 7) is 2.06. The van der Waals surface area contributed by atoms with E-state index in [1.165, 1.54) is 23.1 Å². The van der Waals surface area contributed by atoms with Crippen molar-refractivity contribution in [2.45, 2.75) is 30.5 Å². The minimum Gasteiger partial charge on any atom is -0.462 e.